The molecular weight excluding hydrogens is 308 g/mol. The topological polar surface area (TPSA) is 52.2 Å². The third kappa shape index (κ3) is 2.64. The molecule has 0 bridgehead atoms. The van der Waals surface area contributed by atoms with Crippen molar-refractivity contribution in [2.24, 2.45) is 0 Å². The van der Waals surface area contributed by atoms with Crippen molar-refractivity contribution >= 4 is 27.5 Å². The van der Waals surface area contributed by atoms with Crippen molar-refractivity contribution in [2.75, 3.05) is 38.1 Å². The van der Waals surface area contributed by atoms with E-state index in [4.69, 9.17) is 4.98 Å². The number of rotatable bonds is 2. The first-order valence-corrected chi connectivity index (χ1v) is 8.61. The zero-order valence-corrected chi connectivity index (χ0v) is 13.8. The number of aromatic nitrogens is 2. The molecule has 1 saturated heterocycles. The molecule has 0 radical (unpaired) electrons. The van der Waals surface area contributed by atoms with Crippen molar-refractivity contribution in [3.63, 3.8) is 0 Å². The van der Waals surface area contributed by atoms with Crippen LogP contribution in [0.3, 0.4) is 0 Å². The van der Waals surface area contributed by atoms with Gasteiger partial charge in [-0.25, -0.2) is 4.98 Å². The largest absolute Gasteiger partial charge is 0.340 e. The second-order valence-corrected chi connectivity index (χ2v) is 6.73. The van der Waals surface area contributed by atoms with Crippen LogP contribution in [0.15, 0.2) is 40.5 Å². The molecule has 23 heavy (non-hydrogen) atoms. The Labute approximate surface area is 138 Å². The number of nitrogens with one attached hydrogen (secondary N) is 1. The summed E-state index contributed by atoms with van der Waals surface area (Å²) in [6, 6.07) is 9.99. The molecule has 0 saturated carbocycles. The Morgan fingerprint density at radius 2 is 1.87 bits per heavy atom. The molecule has 0 amide bonds. The third-order valence-corrected chi connectivity index (χ3v) is 5.19. The molecular formula is C17H18N4OS. The Kier molecular flexibility index (Phi) is 3.63. The second-order valence-electron chi connectivity index (χ2n) is 5.88. The minimum atomic E-state index is -0.0518. The molecule has 5 nitrogen and oxygen atoms in total. The van der Waals surface area contributed by atoms with E-state index < -0.39 is 0 Å². The van der Waals surface area contributed by atoms with Crippen molar-refractivity contribution in [1.29, 1.82) is 0 Å². The molecule has 118 valence electrons. The number of benzene rings is 1. The first kappa shape index (κ1) is 14.4. The van der Waals surface area contributed by atoms with Crippen LogP contribution in [0.25, 0.3) is 21.3 Å². The summed E-state index contributed by atoms with van der Waals surface area (Å²) in [5.41, 5.74) is 1.96. The normalized spacial score (nSPS) is 16.1. The molecule has 4 rings (SSSR count). The number of anilines is 1. The molecule has 2 aromatic heterocycles. The summed E-state index contributed by atoms with van der Waals surface area (Å²) in [4.78, 5) is 25.6. The molecule has 3 aromatic rings. The summed E-state index contributed by atoms with van der Waals surface area (Å²) < 4.78 is 0. The fourth-order valence-electron chi connectivity index (χ4n) is 2.94. The Hall–Kier alpha value is -2.18. The highest BCUT2D eigenvalue weighted by molar-refractivity contribution is 7.17. The number of nitrogens with zero attached hydrogens (tertiary/aromatic N) is 3. The van der Waals surface area contributed by atoms with Crippen molar-refractivity contribution in [3.05, 3.63) is 46.1 Å². The van der Waals surface area contributed by atoms with Gasteiger partial charge in [-0.2, -0.15) is 0 Å². The monoisotopic (exact) mass is 326 g/mol. The van der Waals surface area contributed by atoms with Gasteiger partial charge in [-0.3, -0.25) is 9.78 Å². The molecule has 1 aliphatic heterocycles. The number of hydrogen-bond acceptors (Lipinski definition) is 5. The standard InChI is InChI=1S/C17H18N4OS/c1-20-7-9-21(10-8-20)17-18-15(22)14-13(11-23-16(14)19-17)12-5-3-2-4-6-12/h2-6,11H,7-10H2,1H3,(H,18,19,22). The van der Waals surface area contributed by atoms with Crippen molar-refractivity contribution in [3.8, 4) is 11.1 Å². The van der Waals surface area contributed by atoms with E-state index >= 15 is 0 Å². The van der Waals surface area contributed by atoms with Gasteiger partial charge < -0.3 is 9.80 Å². The number of fused-ring (bicyclic) bond motifs is 1. The SMILES string of the molecule is CN1CCN(c2nc3scc(-c4ccccc4)c3c(=O)[nH]2)CC1. The highest BCUT2D eigenvalue weighted by Gasteiger charge is 2.19. The number of thiophene rings is 1. The van der Waals surface area contributed by atoms with Gasteiger partial charge in [0, 0.05) is 37.1 Å². The highest BCUT2D eigenvalue weighted by Crippen LogP contribution is 2.31. The molecule has 3 heterocycles. The predicted octanol–water partition coefficient (Wildman–Crippen LogP) is 2.40. The number of aromatic amines is 1. The number of hydrogen-bond donors (Lipinski definition) is 1. The van der Waals surface area contributed by atoms with Crippen LogP contribution in [0, 0.1) is 0 Å². The lowest BCUT2D eigenvalue weighted by molar-refractivity contribution is 0.311. The maximum absolute atomic E-state index is 12.6. The highest BCUT2D eigenvalue weighted by atomic mass is 32.1. The van der Waals surface area contributed by atoms with E-state index in [1.807, 2.05) is 35.7 Å². The lowest BCUT2D eigenvalue weighted by Crippen LogP contribution is -2.45. The Bertz CT molecular complexity index is 878. The number of piperazine rings is 1. The van der Waals surface area contributed by atoms with Gasteiger partial charge in [0.25, 0.3) is 5.56 Å². The van der Waals surface area contributed by atoms with E-state index in [2.05, 4.69) is 21.8 Å². The maximum Gasteiger partial charge on any atom is 0.261 e. The Balaban J connectivity index is 1.77. The van der Waals surface area contributed by atoms with E-state index in [1.165, 1.54) is 11.3 Å². The zero-order valence-electron chi connectivity index (χ0n) is 13.0. The van der Waals surface area contributed by atoms with Crippen LogP contribution in [0.2, 0.25) is 0 Å². The minimum absolute atomic E-state index is 0.0518. The van der Waals surface area contributed by atoms with Crippen molar-refractivity contribution < 1.29 is 0 Å². The van der Waals surface area contributed by atoms with Crippen molar-refractivity contribution in [2.45, 2.75) is 0 Å². The van der Waals surface area contributed by atoms with Gasteiger partial charge >= 0.3 is 0 Å². The molecule has 0 spiro atoms. The van der Waals surface area contributed by atoms with Crippen LogP contribution >= 0.6 is 11.3 Å². The lowest BCUT2D eigenvalue weighted by atomic mass is 10.1. The summed E-state index contributed by atoms with van der Waals surface area (Å²) in [6.07, 6.45) is 0. The summed E-state index contributed by atoms with van der Waals surface area (Å²) in [5.74, 6) is 0.692. The predicted molar refractivity (Wildman–Crippen MR) is 95.4 cm³/mol. The second kappa shape index (κ2) is 5.79. The van der Waals surface area contributed by atoms with Crippen LogP contribution < -0.4 is 10.5 Å². The molecule has 0 unspecified atom stereocenters. The summed E-state index contributed by atoms with van der Waals surface area (Å²) in [6.45, 7) is 3.76. The Morgan fingerprint density at radius 1 is 1.13 bits per heavy atom. The summed E-state index contributed by atoms with van der Waals surface area (Å²) in [5, 5.41) is 2.72. The van der Waals surface area contributed by atoms with Crippen LogP contribution in [0.5, 0.6) is 0 Å². The lowest BCUT2D eigenvalue weighted by Gasteiger charge is -2.32. The first-order valence-electron chi connectivity index (χ1n) is 7.73. The van der Waals surface area contributed by atoms with Crippen LogP contribution in [0.1, 0.15) is 0 Å². The maximum atomic E-state index is 12.6. The number of likely N-dealkylation sites (N-methyl/N-ethyl adjacent to an activating group) is 1. The fraction of sp³-hybridized carbons (Fsp3) is 0.294. The van der Waals surface area contributed by atoms with Gasteiger partial charge in [-0.05, 0) is 12.6 Å². The average molecular weight is 326 g/mol. The van der Waals surface area contributed by atoms with Gasteiger partial charge in [0.2, 0.25) is 5.95 Å². The van der Waals surface area contributed by atoms with Gasteiger partial charge in [0.1, 0.15) is 4.83 Å². The molecule has 1 fully saturated rings. The van der Waals surface area contributed by atoms with E-state index in [9.17, 15) is 4.79 Å². The molecule has 1 aliphatic rings. The van der Waals surface area contributed by atoms with E-state index in [0.29, 0.717) is 11.3 Å². The molecule has 1 N–H and O–H groups in total. The van der Waals surface area contributed by atoms with E-state index in [0.717, 1.165) is 42.1 Å². The van der Waals surface area contributed by atoms with Crippen LogP contribution in [-0.2, 0) is 0 Å². The third-order valence-electron chi connectivity index (χ3n) is 4.32. The quantitative estimate of drug-likeness (QED) is 0.786. The summed E-state index contributed by atoms with van der Waals surface area (Å²) in [7, 11) is 2.11. The average Bonchev–Trinajstić information content (AvgIpc) is 3.01. The van der Waals surface area contributed by atoms with Crippen LogP contribution in [-0.4, -0.2) is 48.1 Å². The minimum Gasteiger partial charge on any atom is -0.340 e. The smallest absolute Gasteiger partial charge is 0.261 e. The molecule has 1 aromatic carbocycles. The number of H-pyrrole nitrogens is 1. The van der Waals surface area contributed by atoms with Gasteiger partial charge in [-0.1, -0.05) is 30.3 Å². The molecule has 0 aliphatic carbocycles. The fourth-order valence-corrected chi connectivity index (χ4v) is 3.88. The van der Waals surface area contributed by atoms with Gasteiger partial charge in [0.05, 0.1) is 5.39 Å². The van der Waals surface area contributed by atoms with Crippen molar-refractivity contribution in [1.82, 2.24) is 14.9 Å². The van der Waals surface area contributed by atoms with Gasteiger partial charge in [-0.15, -0.1) is 11.3 Å². The van der Waals surface area contributed by atoms with Crippen LogP contribution in [0.4, 0.5) is 5.95 Å². The molecule has 6 heteroatoms. The Morgan fingerprint density at radius 3 is 2.61 bits per heavy atom. The summed E-state index contributed by atoms with van der Waals surface area (Å²) >= 11 is 1.53. The molecule has 0 atom stereocenters. The zero-order chi connectivity index (χ0) is 15.8. The van der Waals surface area contributed by atoms with E-state index in [1.54, 1.807) is 0 Å². The first-order chi connectivity index (χ1) is 11.2. The van der Waals surface area contributed by atoms with E-state index in [-0.39, 0.29) is 5.56 Å². The van der Waals surface area contributed by atoms with Gasteiger partial charge in [0.15, 0.2) is 0 Å².